The molecule has 1 aromatic carbocycles. The van der Waals surface area contributed by atoms with E-state index >= 15 is 0 Å². The predicted octanol–water partition coefficient (Wildman–Crippen LogP) is 2.97. The van der Waals surface area contributed by atoms with Gasteiger partial charge in [0.2, 0.25) is 0 Å². The number of ether oxygens (including phenoxy) is 1. The lowest BCUT2D eigenvalue weighted by molar-refractivity contribution is -0.137. The molecule has 1 aromatic rings. The molecule has 1 unspecified atom stereocenters. The average molecular weight is 273 g/mol. The quantitative estimate of drug-likeness (QED) is 0.839. The van der Waals surface area contributed by atoms with Gasteiger partial charge in [-0.3, -0.25) is 4.90 Å². The fourth-order valence-electron chi connectivity index (χ4n) is 2.36. The maximum Gasteiger partial charge on any atom is 0.416 e. The summed E-state index contributed by atoms with van der Waals surface area (Å²) in [6.07, 6.45) is -3.64. The molecule has 1 fully saturated rings. The molecule has 19 heavy (non-hydrogen) atoms. The number of benzene rings is 1. The molecule has 0 aliphatic carbocycles. The molecule has 2 nitrogen and oxygen atoms in total. The minimum absolute atomic E-state index is 0.229. The van der Waals surface area contributed by atoms with Gasteiger partial charge >= 0.3 is 6.18 Å². The van der Waals surface area contributed by atoms with Crippen LogP contribution in [0.1, 0.15) is 18.1 Å². The third-order valence-corrected chi connectivity index (χ3v) is 3.45. The lowest BCUT2D eigenvalue weighted by atomic mass is 10.0. The zero-order valence-corrected chi connectivity index (χ0v) is 10.9. The third kappa shape index (κ3) is 3.94. The lowest BCUT2D eigenvalue weighted by Crippen LogP contribution is -2.43. The van der Waals surface area contributed by atoms with Crippen molar-refractivity contribution in [1.29, 1.82) is 0 Å². The molecule has 1 aliphatic heterocycles. The Kier molecular flexibility index (Phi) is 4.47. The molecule has 5 heteroatoms. The van der Waals surface area contributed by atoms with Crippen molar-refractivity contribution in [3.63, 3.8) is 0 Å². The van der Waals surface area contributed by atoms with Gasteiger partial charge in [0.25, 0.3) is 0 Å². The second kappa shape index (κ2) is 5.92. The van der Waals surface area contributed by atoms with Gasteiger partial charge in [0, 0.05) is 19.1 Å². The highest BCUT2D eigenvalue weighted by Gasteiger charge is 2.30. The zero-order chi connectivity index (χ0) is 13.9. The highest BCUT2D eigenvalue weighted by Crippen LogP contribution is 2.29. The number of nitrogens with zero attached hydrogens (tertiary/aromatic N) is 1. The minimum Gasteiger partial charge on any atom is -0.379 e. The largest absolute Gasteiger partial charge is 0.416 e. The topological polar surface area (TPSA) is 12.5 Å². The summed E-state index contributed by atoms with van der Waals surface area (Å²) >= 11 is 0. The lowest BCUT2D eigenvalue weighted by Gasteiger charge is -2.32. The molecule has 0 N–H and O–H groups in total. The van der Waals surface area contributed by atoms with Gasteiger partial charge in [0.05, 0.1) is 18.8 Å². The van der Waals surface area contributed by atoms with Crippen LogP contribution in [-0.4, -0.2) is 37.2 Å². The molecule has 2 rings (SSSR count). The summed E-state index contributed by atoms with van der Waals surface area (Å²) in [4.78, 5) is 2.25. The van der Waals surface area contributed by atoms with Gasteiger partial charge in [-0.25, -0.2) is 0 Å². The molecule has 0 saturated carbocycles. The van der Waals surface area contributed by atoms with Crippen LogP contribution < -0.4 is 0 Å². The summed E-state index contributed by atoms with van der Waals surface area (Å²) in [7, 11) is 0. The van der Waals surface area contributed by atoms with Crippen molar-refractivity contribution in [2.45, 2.75) is 25.6 Å². The van der Waals surface area contributed by atoms with E-state index in [4.69, 9.17) is 4.74 Å². The molecule has 0 amide bonds. The fraction of sp³-hybridized carbons (Fsp3) is 0.571. The standard InChI is InChI=1S/C14H18F3NO/c1-11(18-5-7-19-8-6-18)9-12-3-2-4-13(10-12)14(15,16)17/h2-4,10-11H,5-9H2,1H3. The molecular weight excluding hydrogens is 255 g/mol. The summed E-state index contributed by atoms with van der Waals surface area (Å²) in [5.41, 5.74) is 0.160. The van der Waals surface area contributed by atoms with Crippen molar-refractivity contribution in [2.24, 2.45) is 0 Å². The zero-order valence-electron chi connectivity index (χ0n) is 10.9. The summed E-state index contributed by atoms with van der Waals surface area (Å²) in [5, 5.41) is 0. The first kappa shape index (κ1) is 14.3. The number of halogens is 3. The summed E-state index contributed by atoms with van der Waals surface area (Å²) in [6, 6.07) is 5.82. The van der Waals surface area contributed by atoms with Crippen molar-refractivity contribution in [3.8, 4) is 0 Å². The second-order valence-corrected chi connectivity index (χ2v) is 4.90. The van der Waals surface area contributed by atoms with E-state index in [9.17, 15) is 13.2 Å². The number of hydrogen-bond donors (Lipinski definition) is 0. The van der Waals surface area contributed by atoms with Crippen molar-refractivity contribution in [2.75, 3.05) is 26.3 Å². The number of morpholine rings is 1. The molecule has 0 radical (unpaired) electrons. The Hall–Kier alpha value is -1.07. The van der Waals surface area contributed by atoms with Crippen LogP contribution in [0.3, 0.4) is 0 Å². The molecule has 106 valence electrons. The van der Waals surface area contributed by atoms with Crippen LogP contribution >= 0.6 is 0 Å². The van der Waals surface area contributed by atoms with Crippen LogP contribution in [0.15, 0.2) is 24.3 Å². The number of hydrogen-bond acceptors (Lipinski definition) is 2. The smallest absolute Gasteiger partial charge is 0.379 e. The third-order valence-electron chi connectivity index (χ3n) is 3.45. The summed E-state index contributed by atoms with van der Waals surface area (Å²) in [5.74, 6) is 0. The highest BCUT2D eigenvalue weighted by atomic mass is 19.4. The summed E-state index contributed by atoms with van der Waals surface area (Å²) in [6.45, 7) is 5.14. The maximum atomic E-state index is 12.6. The molecule has 1 atom stereocenters. The van der Waals surface area contributed by atoms with Crippen LogP contribution in [0, 0.1) is 0 Å². The molecule has 0 aromatic heterocycles. The minimum atomic E-state index is -4.27. The number of rotatable bonds is 3. The van der Waals surface area contributed by atoms with Gasteiger partial charge in [-0.1, -0.05) is 18.2 Å². The Morgan fingerprint density at radius 3 is 2.58 bits per heavy atom. The normalized spacial score (nSPS) is 19.4. The summed E-state index contributed by atoms with van der Waals surface area (Å²) < 4.78 is 43.2. The van der Waals surface area contributed by atoms with Gasteiger partial charge < -0.3 is 4.74 Å². The molecule has 0 bridgehead atoms. The van der Waals surface area contributed by atoms with Gasteiger partial charge in [-0.2, -0.15) is 13.2 Å². The Labute approximate surface area is 111 Å². The van der Waals surface area contributed by atoms with E-state index in [2.05, 4.69) is 4.90 Å². The molecule has 1 aliphatic rings. The van der Waals surface area contributed by atoms with E-state index in [0.717, 1.165) is 24.7 Å². The van der Waals surface area contributed by atoms with E-state index < -0.39 is 11.7 Å². The first-order valence-electron chi connectivity index (χ1n) is 6.45. The average Bonchev–Trinajstić information content (AvgIpc) is 2.39. The molecule has 1 heterocycles. The highest BCUT2D eigenvalue weighted by molar-refractivity contribution is 5.26. The van der Waals surface area contributed by atoms with E-state index in [1.807, 2.05) is 6.92 Å². The Bertz CT molecular complexity index is 413. The Morgan fingerprint density at radius 1 is 1.26 bits per heavy atom. The first-order valence-corrected chi connectivity index (χ1v) is 6.45. The van der Waals surface area contributed by atoms with Gasteiger partial charge in [0.1, 0.15) is 0 Å². The Balaban J connectivity index is 2.02. The van der Waals surface area contributed by atoms with Gasteiger partial charge in [-0.15, -0.1) is 0 Å². The van der Waals surface area contributed by atoms with Crippen molar-refractivity contribution in [1.82, 2.24) is 4.90 Å². The Morgan fingerprint density at radius 2 is 1.95 bits per heavy atom. The van der Waals surface area contributed by atoms with E-state index in [0.29, 0.717) is 19.6 Å². The SMILES string of the molecule is CC(Cc1cccc(C(F)(F)F)c1)N1CCOCC1. The van der Waals surface area contributed by atoms with Crippen LogP contribution in [0.4, 0.5) is 13.2 Å². The number of alkyl halides is 3. The molecule has 1 saturated heterocycles. The second-order valence-electron chi connectivity index (χ2n) is 4.90. The van der Waals surface area contributed by atoms with E-state index in [-0.39, 0.29) is 6.04 Å². The van der Waals surface area contributed by atoms with Crippen molar-refractivity contribution in [3.05, 3.63) is 35.4 Å². The van der Waals surface area contributed by atoms with Crippen LogP contribution in [0.2, 0.25) is 0 Å². The molecular formula is C14H18F3NO. The van der Waals surface area contributed by atoms with Gasteiger partial charge in [-0.05, 0) is 25.0 Å². The van der Waals surface area contributed by atoms with E-state index in [1.54, 1.807) is 6.07 Å². The van der Waals surface area contributed by atoms with Crippen LogP contribution in [0.5, 0.6) is 0 Å². The first-order chi connectivity index (χ1) is 8.97. The van der Waals surface area contributed by atoms with Gasteiger partial charge in [0.15, 0.2) is 0 Å². The van der Waals surface area contributed by atoms with Crippen LogP contribution in [-0.2, 0) is 17.3 Å². The van der Waals surface area contributed by atoms with Crippen LogP contribution in [0.25, 0.3) is 0 Å². The van der Waals surface area contributed by atoms with Crippen molar-refractivity contribution >= 4 is 0 Å². The van der Waals surface area contributed by atoms with Crippen molar-refractivity contribution < 1.29 is 17.9 Å². The fourth-order valence-corrected chi connectivity index (χ4v) is 2.36. The van der Waals surface area contributed by atoms with E-state index in [1.165, 1.54) is 12.1 Å². The molecule has 0 spiro atoms. The monoisotopic (exact) mass is 273 g/mol. The maximum absolute atomic E-state index is 12.6. The predicted molar refractivity (Wildman–Crippen MR) is 67.0 cm³/mol.